The second-order valence-corrected chi connectivity index (χ2v) is 5.35. The lowest BCUT2D eigenvalue weighted by Gasteiger charge is -2.29. The predicted molar refractivity (Wildman–Crippen MR) is 75.5 cm³/mol. The Morgan fingerprint density at radius 1 is 1.44 bits per heavy atom. The van der Waals surface area contributed by atoms with Gasteiger partial charge in [0.05, 0.1) is 0 Å². The summed E-state index contributed by atoms with van der Waals surface area (Å²) in [6.07, 6.45) is 4.71. The third-order valence-corrected chi connectivity index (χ3v) is 3.74. The van der Waals surface area contributed by atoms with Gasteiger partial charge in [-0.25, -0.2) is 0 Å². The zero-order valence-corrected chi connectivity index (χ0v) is 11.7. The average Bonchev–Trinajstić information content (AvgIpc) is 2.41. The molecule has 1 aliphatic rings. The van der Waals surface area contributed by atoms with Gasteiger partial charge in [-0.05, 0) is 56.9 Å². The van der Waals surface area contributed by atoms with Crippen LogP contribution in [0.2, 0.25) is 0 Å². The number of pyridine rings is 1. The molecule has 1 aliphatic heterocycles. The van der Waals surface area contributed by atoms with Crippen molar-refractivity contribution in [1.82, 2.24) is 15.2 Å². The molecule has 3 nitrogen and oxygen atoms in total. The normalized spacial score (nSPS) is 20.3. The highest BCUT2D eigenvalue weighted by Crippen LogP contribution is 2.13. The summed E-state index contributed by atoms with van der Waals surface area (Å²) in [7, 11) is 0. The summed E-state index contributed by atoms with van der Waals surface area (Å²) < 4.78 is 0. The van der Waals surface area contributed by atoms with Crippen molar-refractivity contribution in [3.05, 3.63) is 29.6 Å². The third kappa shape index (κ3) is 4.07. The second-order valence-electron chi connectivity index (χ2n) is 5.35. The molecule has 18 heavy (non-hydrogen) atoms. The van der Waals surface area contributed by atoms with E-state index >= 15 is 0 Å². The molecule has 0 amide bonds. The van der Waals surface area contributed by atoms with Crippen molar-refractivity contribution in [2.75, 3.05) is 26.2 Å². The predicted octanol–water partition coefficient (Wildman–Crippen LogP) is 2.21. The lowest BCUT2D eigenvalue weighted by molar-refractivity contribution is 0.209. The van der Waals surface area contributed by atoms with E-state index < -0.39 is 0 Å². The zero-order valence-electron chi connectivity index (χ0n) is 11.7. The van der Waals surface area contributed by atoms with Crippen LogP contribution >= 0.6 is 0 Å². The van der Waals surface area contributed by atoms with Gasteiger partial charge in [0, 0.05) is 25.0 Å². The standard InChI is InChI=1S/C15H25N3/c1-3-18(11-14-5-4-8-16-9-14)12-15-7-6-13(2)17-10-15/h6-7,10,14,16H,3-5,8-9,11-12H2,1-2H3. The molecule has 1 saturated heterocycles. The monoisotopic (exact) mass is 247 g/mol. The fourth-order valence-electron chi connectivity index (χ4n) is 2.60. The number of nitrogens with zero attached hydrogens (tertiary/aromatic N) is 2. The maximum absolute atomic E-state index is 4.37. The SMILES string of the molecule is CCN(Cc1ccc(C)nc1)CC1CCCNC1. The molecule has 1 atom stereocenters. The fourth-order valence-corrected chi connectivity index (χ4v) is 2.60. The number of aromatic nitrogens is 1. The Kier molecular flexibility index (Phi) is 5.14. The molecule has 0 aromatic carbocycles. The molecule has 100 valence electrons. The summed E-state index contributed by atoms with van der Waals surface area (Å²) in [6.45, 7) is 10.0. The molecule has 1 unspecified atom stereocenters. The van der Waals surface area contributed by atoms with Crippen LogP contribution in [0.15, 0.2) is 18.3 Å². The molecular weight excluding hydrogens is 222 g/mol. The van der Waals surface area contributed by atoms with Crippen molar-refractivity contribution < 1.29 is 0 Å². The summed E-state index contributed by atoms with van der Waals surface area (Å²) in [5, 5.41) is 3.50. The van der Waals surface area contributed by atoms with Gasteiger partial charge in [0.25, 0.3) is 0 Å². The number of piperidine rings is 1. The third-order valence-electron chi connectivity index (χ3n) is 3.74. The molecule has 3 heteroatoms. The van der Waals surface area contributed by atoms with Crippen LogP contribution in [0.3, 0.4) is 0 Å². The van der Waals surface area contributed by atoms with Crippen molar-refractivity contribution in [2.45, 2.75) is 33.2 Å². The van der Waals surface area contributed by atoms with E-state index in [0.717, 1.165) is 24.7 Å². The number of hydrogen-bond acceptors (Lipinski definition) is 3. The van der Waals surface area contributed by atoms with Gasteiger partial charge in [-0.1, -0.05) is 13.0 Å². The Morgan fingerprint density at radius 2 is 2.33 bits per heavy atom. The summed E-state index contributed by atoms with van der Waals surface area (Å²) in [6, 6.07) is 4.30. The summed E-state index contributed by atoms with van der Waals surface area (Å²) in [5.74, 6) is 0.817. The maximum Gasteiger partial charge on any atom is 0.0372 e. The number of nitrogens with one attached hydrogen (secondary N) is 1. The molecule has 2 heterocycles. The molecule has 1 aromatic rings. The van der Waals surface area contributed by atoms with Gasteiger partial charge < -0.3 is 5.32 Å². The summed E-state index contributed by atoms with van der Waals surface area (Å²) >= 11 is 0. The minimum atomic E-state index is 0.817. The molecule has 0 saturated carbocycles. The van der Waals surface area contributed by atoms with Gasteiger partial charge in [-0.15, -0.1) is 0 Å². The molecule has 0 spiro atoms. The van der Waals surface area contributed by atoms with E-state index in [1.54, 1.807) is 0 Å². The van der Waals surface area contributed by atoms with E-state index in [4.69, 9.17) is 0 Å². The van der Waals surface area contributed by atoms with E-state index in [2.05, 4.69) is 34.3 Å². The van der Waals surface area contributed by atoms with Gasteiger partial charge in [-0.2, -0.15) is 0 Å². The van der Waals surface area contributed by atoms with Crippen LogP contribution in [-0.2, 0) is 6.54 Å². The lowest BCUT2D eigenvalue weighted by atomic mass is 9.99. The summed E-state index contributed by atoms with van der Waals surface area (Å²) in [5.41, 5.74) is 2.42. The van der Waals surface area contributed by atoms with Crippen LogP contribution in [-0.4, -0.2) is 36.1 Å². The Bertz CT molecular complexity index is 341. The van der Waals surface area contributed by atoms with Crippen molar-refractivity contribution in [3.63, 3.8) is 0 Å². The van der Waals surface area contributed by atoms with E-state index in [1.165, 1.54) is 38.0 Å². The van der Waals surface area contributed by atoms with Crippen LogP contribution in [0.5, 0.6) is 0 Å². The first-order valence-electron chi connectivity index (χ1n) is 7.12. The Balaban J connectivity index is 1.86. The Morgan fingerprint density at radius 3 is 2.94 bits per heavy atom. The minimum Gasteiger partial charge on any atom is -0.316 e. The zero-order chi connectivity index (χ0) is 12.8. The molecule has 0 radical (unpaired) electrons. The molecule has 0 bridgehead atoms. The quantitative estimate of drug-likeness (QED) is 0.864. The van der Waals surface area contributed by atoms with Gasteiger partial charge in [0.1, 0.15) is 0 Å². The minimum absolute atomic E-state index is 0.817. The van der Waals surface area contributed by atoms with Gasteiger partial charge in [-0.3, -0.25) is 9.88 Å². The largest absolute Gasteiger partial charge is 0.316 e. The topological polar surface area (TPSA) is 28.2 Å². The Labute approximate surface area is 111 Å². The first kappa shape index (κ1) is 13.5. The van der Waals surface area contributed by atoms with Crippen molar-refractivity contribution in [1.29, 1.82) is 0 Å². The smallest absolute Gasteiger partial charge is 0.0372 e. The first-order chi connectivity index (χ1) is 8.78. The van der Waals surface area contributed by atoms with E-state index in [0.29, 0.717) is 0 Å². The molecule has 1 fully saturated rings. The van der Waals surface area contributed by atoms with E-state index in [-0.39, 0.29) is 0 Å². The van der Waals surface area contributed by atoms with Crippen molar-refractivity contribution in [3.8, 4) is 0 Å². The first-order valence-corrected chi connectivity index (χ1v) is 7.12. The Hall–Kier alpha value is -0.930. The molecule has 0 aliphatic carbocycles. The number of hydrogen-bond donors (Lipinski definition) is 1. The van der Waals surface area contributed by atoms with Crippen molar-refractivity contribution in [2.24, 2.45) is 5.92 Å². The van der Waals surface area contributed by atoms with Crippen molar-refractivity contribution >= 4 is 0 Å². The highest BCUT2D eigenvalue weighted by molar-refractivity contribution is 5.12. The highest BCUT2D eigenvalue weighted by Gasteiger charge is 2.16. The lowest BCUT2D eigenvalue weighted by Crippen LogP contribution is -2.38. The van der Waals surface area contributed by atoms with Gasteiger partial charge in [0.2, 0.25) is 0 Å². The van der Waals surface area contributed by atoms with E-state index in [9.17, 15) is 0 Å². The number of aryl methyl sites for hydroxylation is 1. The highest BCUT2D eigenvalue weighted by atomic mass is 15.1. The van der Waals surface area contributed by atoms with Crippen LogP contribution in [0.25, 0.3) is 0 Å². The van der Waals surface area contributed by atoms with Crippen LogP contribution in [0.1, 0.15) is 31.0 Å². The number of rotatable bonds is 5. The fraction of sp³-hybridized carbons (Fsp3) is 0.667. The van der Waals surface area contributed by atoms with Crippen LogP contribution in [0, 0.1) is 12.8 Å². The average molecular weight is 247 g/mol. The second kappa shape index (κ2) is 6.86. The van der Waals surface area contributed by atoms with Crippen LogP contribution < -0.4 is 5.32 Å². The molecule has 1 aromatic heterocycles. The molecular formula is C15H25N3. The van der Waals surface area contributed by atoms with E-state index in [1.807, 2.05) is 13.1 Å². The van der Waals surface area contributed by atoms with Gasteiger partial charge >= 0.3 is 0 Å². The van der Waals surface area contributed by atoms with Gasteiger partial charge in [0.15, 0.2) is 0 Å². The molecule has 2 rings (SSSR count). The summed E-state index contributed by atoms with van der Waals surface area (Å²) in [4.78, 5) is 6.91. The van der Waals surface area contributed by atoms with Crippen LogP contribution in [0.4, 0.5) is 0 Å². The molecule has 1 N–H and O–H groups in total. The maximum atomic E-state index is 4.37.